The lowest BCUT2D eigenvalue weighted by Gasteiger charge is -2.34. The lowest BCUT2D eigenvalue weighted by atomic mass is 10.2. The Kier molecular flexibility index (Phi) is 6.71. The van der Waals surface area contributed by atoms with Crippen molar-refractivity contribution in [2.45, 2.75) is 52.5 Å². The summed E-state index contributed by atoms with van der Waals surface area (Å²) >= 11 is 1.35. The van der Waals surface area contributed by atoms with Gasteiger partial charge in [0, 0.05) is 45.7 Å². The van der Waals surface area contributed by atoms with Crippen LogP contribution < -0.4 is 10.9 Å². The van der Waals surface area contributed by atoms with Gasteiger partial charge in [0.25, 0.3) is 11.5 Å². The number of amides is 2. The number of aryl methyl sites for hydroxylation is 2. The molecule has 1 N–H and O–H groups in total. The van der Waals surface area contributed by atoms with E-state index in [4.69, 9.17) is 4.98 Å². The second-order valence-corrected chi connectivity index (χ2v) is 9.45. The third-order valence-corrected chi connectivity index (χ3v) is 7.38. The molecule has 0 radical (unpaired) electrons. The quantitative estimate of drug-likeness (QED) is 0.758. The van der Waals surface area contributed by atoms with Crippen molar-refractivity contribution in [2.24, 2.45) is 0 Å². The molecule has 31 heavy (non-hydrogen) atoms. The van der Waals surface area contributed by atoms with Crippen LogP contribution in [0.1, 0.15) is 53.7 Å². The monoisotopic (exact) mass is 445 g/mol. The van der Waals surface area contributed by atoms with Gasteiger partial charge in [0.1, 0.15) is 10.7 Å². The van der Waals surface area contributed by atoms with Gasteiger partial charge in [-0.25, -0.2) is 4.98 Å². The van der Waals surface area contributed by atoms with Gasteiger partial charge >= 0.3 is 0 Å². The summed E-state index contributed by atoms with van der Waals surface area (Å²) in [7, 11) is 0. The molecule has 2 aromatic heterocycles. The molecule has 0 atom stereocenters. The summed E-state index contributed by atoms with van der Waals surface area (Å²) in [5, 5.41) is 3.50. The highest BCUT2D eigenvalue weighted by Gasteiger charge is 2.28. The Morgan fingerprint density at radius 3 is 2.61 bits per heavy atom. The number of rotatable bonds is 5. The number of hydrogen-bond donors (Lipinski definition) is 1. The number of carbonyl (C=O) groups excluding carboxylic acids is 2. The fourth-order valence-electron chi connectivity index (χ4n) is 4.39. The lowest BCUT2D eigenvalue weighted by Crippen LogP contribution is -2.51. The summed E-state index contributed by atoms with van der Waals surface area (Å²) in [6.45, 7) is 8.18. The molecule has 2 aliphatic heterocycles. The molecule has 2 aromatic rings. The van der Waals surface area contributed by atoms with Gasteiger partial charge in [-0.15, -0.1) is 11.3 Å². The van der Waals surface area contributed by atoms with Crippen molar-refractivity contribution in [2.75, 3.05) is 39.3 Å². The molecule has 1 fully saturated rings. The highest BCUT2D eigenvalue weighted by molar-refractivity contribution is 7.20. The van der Waals surface area contributed by atoms with E-state index in [1.54, 1.807) is 0 Å². The van der Waals surface area contributed by atoms with Crippen LogP contribution in [0.3, 0.4) is 0 Å². The minimum atomic E-state index is -0.0322. The molecule has 4 heterocycles. The third kappa shape index (κ3) is 4.52. The van der Waals surface area contributed by atoms with E-state index in [1.807, 2.05) is 23.3 Å². The fraction of sp³-hybridized carbons (Fsp3) is 0.636. The van der Waals surface area contributed by atoms with Crippen LogP contribution in [0, 0.1) is 6.92 Å². The number of nitrogens with one attached hydrogen (secondary N) is 1. The zero-order valence-corrected chi connectivity index (χ0v) is 19.2. The summed E-state index contributed by atoms with van der Waals surface area (Å²) in [6.07, 6.45) is 4.90. The van der Waals surface area contributed by atoms with Crippen molar-refractivity contribution in [3.05, 3.63) is 26.6 Å². The molecule has 1 saturated heterocycles. The first-order valence-electron chi connectivity index (χ1n) is 11.3. The molecule has 8 nitrogen and oxygen atoms in total. The van der Waals surface area contributed by atoms with E-state index >= 15 is 0 Å². The lowest BCUT2D eigenvalue weighted by molar-refractivity contribution is -0.122. The Morgan fingerprint density at radius 2 is 1.87 bits per heavy atom. The smallest absolute Gasteiger partial charge is 0.264 e. The van der Waals surface area contributed by atoms with Crippen LogP contribution in [0.4, 0.5) is 0 Å². The molecule has 2 aliphatic rings. The first kappa shape index (κ1) is 22.0. The van der Waals surface area contributed by atoms with Crippen molar-refractivity contribution in [3.63, 3.8) is 0 Å². The Hall–Kier alpha value is -2.26. The van der Waals surface area contributed by atoms with E-state index in [0.29, 0.717) is 60.9 Å². The highest BCUT2D eigenvalue weighted by Crippen LogP contribution is 2.29. The average molecular weight is 446 g/mol. The first-order valence-corrected chi connectivity index (χ1v) is 12.1. The minimum Gasteiger partial charge on any atom is -0.355 e. The number of aromatic nitrogens is 2. The maximum atomic E-state index is 13.2. The summed E-state index contributed by atoms with van der Waals surface area (Å²) < 4.78 is 1.81. The Labute approximate surface area is 186 Å². The maximum Gasteiger partial charge on any atom is 0.264 e. The van der Waals surface area contributed by atoms with Crippen molar-refractivity contribution in [1.29, 1.82) is 0 Å². The Morgan fingerprint density at radius 1 is 1.10 bits per heavy atom. The molecule has 0 aromatic carbocycles. The van der Waals surface area contributed by atoms with Gasteiger partial charge < -0.3 is 10.2 Å². The number of carbonyl (C=O) groups is 2. The summed E-state index contributed by atoms with van der Waals surface area (Å²) in [4.78, 5) is 48.3. The van der Waals surface area contributed by atoms with E-state index in [-0.39, 0.29) is 17.4 Å². The number of hydrogen-bond acceptors (Lipinski definition) is 6. The summed E-state index contributed by atoms with van der Waals surface area (Å²) in [5.41, 5.74) is 0.751. The maximum absolute atomic E-state index is 13.2. The number of thiophene rings is 1. The van der Waals surface area contributed by atoms with Crippen LogP contribution in [-0.2, 0) is 17.8 Å². The molecule has 4 rings (SSSR count). The largest absolute Gasteiger partial charge is 0.355 e. The normalized spacial score (nSPS) is 17.4. The van der Waals surface area contributed by atoms with Crippen molar-refractivity contribution in [3.8, 4) is 0 Å². The third-order valence-electron chi connectivity index (χ3n) is 6.20. The van der Waals surface area contributed by atoms with Gasteiger partial charge in [0.2, 0.25) is 5.91 Å². The van der Waals surface area contributed by atoms with Crippen LogP contribution in [0.2, 0.25) is 0 Å². The topological polar surface area (TPSA) is 87.5 Å². The van der Waals surface area contributed by atoms with E-state index in [0.717, 1.165) is 43.5 Å². The van der Waals surface area contributed by atoms with Gasteiger partial charge in [0.05, 0.1) is 16.8 Å². The highest BCUT2D eigenvalue weighted by atomic mass is 32.1. The van der Waals surface area contributed by atoms with Gasteiger partial charge in [-0.2, -0.15) is 0 Å². The molecule has 0 spiro atoms. The second kappa shape index (κ2) is 9.48. The zero-order valence-electron chi connectivity index (χ0n) is 18.4. The van der Waals surface area contributed by atoms with Crippen LogP contribution in [0.15, 0.2) is 4.79 Å². The molecule has 0 saturated carbocycles. The van der Waals surface area contributed by atoms with Crippen molar-refractivity contribution in [1.82, 2.24) is 24.7 Å². The van der Waals surface area contributed by atoms with Crippen LogP contribution in [0.25, 0.3) is 10.2 Å². The van der Waals surface area contributed by atoms with Crippen LogP contribution in [-0.4, -0.2) is 70.4 Å². The average Bonchev–Trinajstić information content (AvgIpc) is 2.93. The van der Waals surface area contributed by atoms with E-state index in [9.17, 15) is 14.4 Å². The summed E-state index contributed by atoms with van der Waals surface area (Å²) in [5.74, 6) is 0.855. The van der Waals surface area contributed by atoms with E-state index in [2.05, 4.69) is 10.2 Å². The molecule has 168 valence electrons. The SMILES string of the molecule is CCCNC(=O)CN1CCN(C(=O)c2sc3nc4n(c(=O)c3c2C)CCCCC4)CC1. The second-order valence-electron chi connectivity index (χ2n) is 8.45. The molecule has 0 unspecified atom stereocenters. The van der Waals surface area contributed by atoms with Crippen LogP contribution in [0.5, 0.6) is 0 Å². The Bertz CT molecular complexity index is 1040. The van der Waals surface area contributed by atoms with Crippen molar-refractivity contribution >= 4 is 33.4 Å². The molecule has 0 bridgehead atoms. The molecular weight excluding hydrogens is 414 g/mol. The van der Waals surface area contributed by atoms with Crippen molar-refractivity contribution < 1.29 is 9.59 Å². The molecule has 2 amide bonds. The molecular formula is C22H31N5O3S. The number of fused-ring (bicyclic) bond motifs is 2. The number of nitrogens with zero attached hydrogens (tertiary/aromatic N) is 4. The number of piperazine rings is 1. The predicted octanol–water partition coefficient (Wildman–Crippen LogP) is 1.78. The molecule has 0 aliphatic carbocycles. The predicted molar refractivity (Wildman–Crippen MR) is 122 cm³/mol. The summed E-state index contributed by atoms with van der Waals surface area (Å²) in [6, 6.07) is 0. The standard InChI is InChI=1S/C22H31N5O3S/c1-3-8-23-17(28)14-25-10-12-26(13-11-25)22(30)19-15(2)18-20(31-19)24-16-7-5-4-6-9-27(16)21(18)29/h3-14H2,1-2H3,(H,23,28). The van der Waals surface area contributed by atoms with Gasteiger partial charge in [-0.3, -0.25) is 23.9 Å². The van der Waals surface area contributed by atoms with E-state index < -0.39 is 0 Å². The van der Waals surface area contributed by atoms with Crippen LogP contribution >= 0.6 is 11.3 Å². The van der Waals surface area contributed by atoms with Gasteiger partial charge in [-0.1, -0.05) is 13.3 Å². The molecule has 9 heteroatoms. The Balaban J connectivity index is 1.49. The zero-order chi connectivity index (χ0) is 22.0. The van der Waals surface area contributed by atoms with Gasteiger partial charge in [0.15, 0.2) is 0 Å². The minimum absolute atomic E-state index is 0.00221. The van der Waals surface area contributed by atoms with Gasteiger partial charge in [-0.05, 0) is 31.7 Å². The fourth-order valence-corrected chi connectivity index (χ4v) is 5.55. The first-order chi connectivity index (χ1) is 15.0. The van der Waals surface area contributed by atoms with E-state index in [1.165, 1.54) is 11.3 Å².